The number of nitro benzene ring substituents is 2. The monoisotopic (exact) mass is 456 g/mol. The molecule has 2 aromatic carbocycles. The second-order valence-electron chi connectivity index (χ2n) is 7.10. The van der Waals surface area contributed by atoms with Gasteiger partial charge < -0.3 is 19.8 Å². The fourth-order valence-electron chi connectivity index (χ4n) is 3.31. The lowest BCUT2D eigenvalue weighted by Crippen LogP contribution is -1.99. The molecule has 0 saturated carbocycles. The quantitative estimate of drug-likeness (QED) is 0.191. The first-order valence-corrected chi connectivity index (χ1v) is 10.2. The molecule has 4 rings (SSSR count). The summed E-state index contributed by atoms with van der Waals surface area (Å²) in [7, 11) is 0. The third-order valence-electron chi connectivity index (χ3n) is 4.94. The van der Waals surface area contributed by atoms with E-state index in [4.69, 9.17) is 0 Å². The van der Waals surface area contributed by atoms with Crippen LogP contribution >= 0.6 is 0 Å². The van der Waals surface area contributed by atoms with Crippen LogP contribution in [0.3, 0.4) is 0 Å². The van der Waals surface area contributed by atoms with Gasteiger partial charge in [-0.2, -0.15) is 0 Å². The highest BCUT2D eigenvalue weighted by Crippen LogP contribution is 2.28. The van der Waals surface area contributed by atoms with Crippen LogP contribution in [0.2, 0.25) is 0 Å². The third kappa shape index (κ3) is 5.02. The van der Waals surface area contributed by atoms with Crippen LogP contribution in [0.25, 0.3) is 11.4 Å². The Morgan fingerprint density at radius 2 is 1.03 bits per heavy atom. The number of hydrogen-bond acceptors (Lipinski definition) is 6. The number of rotatable bonds is 9. The van der Waals surface area contributed by atoms with Gasteiger partial charge in [0.05, 0.1) is 21.2 Å². The Kier molecular flexibility index (Phi) is 6.50. The normalized spacial score (nSPS) is 11.2. The summed E-state index contributed by atoms with van der Waals surface area (Å²) in [5.41, 5.74) is 1.93. The van der Waals surface area contributed by atoms with E-state index in [1.54, 1.807) is 58.0 Å². The van der Waals surface area contributed by atoms with E-state index in [0.717, 1.165) is 0 Å². The van der Waals surface area contributed by atoms with Crippen molar-refractivity contribution < 1.29 is 9.85 Å². The van der Waals surface area contributed by atoms with E-state index in [-0.39, 0.29) is 11.4 Å². The topological polar surface area (TPSA) is 120 Å². The van der Waals surface area contributed by atoms with Gasteiger partial charge in [0.2, 0.25) is 0 Å². The highest BCUT2D eigenvalue weighted by molar-refractivity contribution is 5.67. The molecule has 0 atom stereocenters. The van der Waals surface area contributed by atoms with Gasteiger partial charge >= 0.3 is 0 Å². The van der Waals surface area contributed by atoms with E-state index in [0.29, 0.717) is 22.7 Å². The fourth-order valence-corrected chi connectivity index (χ4v) is 3.31. The molecule has 10 nitrogen and oxygen atoms in total. The van der Waals surface area contributed by atoms with Crippen LogP contribution in [0.1, 0.15) is 0 Å². The lowest BCUT2D eigenvalue weighted by atomic mass is 10.2. The molecule has 0 aliphatic rings. The highest BCUT2D eigenvalue weighted by atomic mass is 16.6. The van der Waals surface area contributed by atoms with Crippen LogP contribution < -0.4 is 10.6 Å². The van der Waals surface area contributed by atoms with Crippen molar-refractivity contribution in [3.05, 3.63) is 130 Å². The Morgan fingerprint density at radius 3 is 1.38 bits per heavy atom. The number of aromatic nitrogens is 2. The molecule has 2 N–H and O–H groups in total. The first-order valence-electron chi connectivity index (χ1n) is 10.2. The minimum Gasteiger partial charge on any atom is -0.356 e. The van der Waals surface area contributed by atoms with Gasteiger partial charge in [-0.05, 0) is 60.7 Å². The largest absolute Gasteiger partial charge is 0.356 e. The molecule has 10 heteroatoms. The first-order chi connectivity index (χ1) is 16.5. The van der Waals surface area contributed by atoms with Gasteiger partial charge in [0.25, 0.3) is 11.4 Å². The van der Waals surface area contributed by atoms with Crippen molar-refractivity contribution >= 4 is 22.7 Å². The minimum absolute atomic E-state index is 0.0589. The summed E-state index contributed by atoms with van der Waals surface area (Å²) < 4.78 is 3.57. The number of anilines is 2. The minimum atomic E-state index is -0.447. The van der Waals surface area contributed by atoms with Crippen molar-refractivity contribution in [3.63, 3.8) is 0 Å². The molecule has 34 heavy (non-hydrogen) atoms. The maximum atomic E-state index is 11.5. The zero-order chi connectivity index (χ0) is 23.9. The summed E-state index contributed by atoms with van der Waals surface area (Å²) in [4.78, 5) is 22.1. The van der Waals surface area contributed by atoms with Crippen molar-refractivity contribution in [2.45, 2.75) is 0 Å². The second-order valence-corrected chi connectivity index (χ2v) is 7.10. The number of benzene rings is 2. The standard InChI is InChI=1S/C24H20N6O4/c31-29(32)23-17-19(27-13-3-4-14-27)7-9-21(23)25-11-1-2-12-26-22-10-8-20(18-24(22)30(33)34)28-15-5-6-16-28/h1-18,25-26H/b11-1+,12-2+. The van der Waals surface area contributed by atoms with Gasteiger partial charge in [-0.1, -0.05) is 0 Å². The molecular weight excluding hydrogens is 436 g/mol. The Hall–Kier alpha value is -5.12. The predicted molar refractivity (Wildman–Crippen MR) is 130 cm³/mol. The van der Waals surface area contributed by atoms with Crippen LogP contribution in [0, 0.1) is 20.2 Å². The van der Waals surface area contributed by atoms with Gasteiger partial charge in [0, 0.05) is 49.3 Å². The third-order valence-corrected chi connectivity index (χ3v) is 4.94. The first kappa shape index (κ1) is 22.1. The van der Waals surface area contributed by atoms with Crippen molar-refractivity contribution in [1.82, 2.24) is 9.13 Å². The molecule has 0 aliphatic carbocycles. The maximum Gasteiger partial charge on any atom is 0.294 e. The van der Waals surface area contributed by atoms with Crippen LogP contribution in [-0.2, 0) is 0 Å². The van der Waals surface area contributed by atoms with Gasteiger partial charge in [0.1, 0.15) is 11.4 Å². The molecule has 0 saturated heterocycles. The van der Waals surface area contributed by atoms with E-state index >= 15 is 0 Å². The molecule has 4 aromatic rings. The SMILES string of the molecule is O=[N+]([O-])c1cc(-n2cccc2)ccc1N/C=C/C=C/Nc1ccc(-n2cccc2)cc1[N+](=O)[O-]. The van der Waals surface area contributed by atoms with E-state index in [1.165, 1.54) is 12.1 Å². The molecule has 0 radical (unpaired) electrons. The van der Waals surface area contributed by atoms with Gasteiger partial charge in [0.15, 0.2) is 0 Å². The summed E-state index contributed by atoms with van der Waals surface area (Å²) in [5, 5.41) is 28.7. The molecule has 0 aliphatic heterocycles. The summed E-state index contributed by atoms with van der Waals surface area (Å²) in [5.74, 6) is 0. The van der Waals surface area contributed by atoms with E-state index in [1.807, 2.05) is 49.1 Å². The average molecular weight is 456 g/mol. The Labute approximate surface area is 194 Å². The number of nitro groups is 2. The fraction of sp³-hybridized carbons (Fsp3) is 0. The summed E-state index contributed by atoms with van der Waals surface area (Å²) in [6.07, 6.45) is 13.6. The smallest absolute Gasteiger partial charge is 0.294 e. The van der Waals surface area contributed by atoms with Crippen molar-refractivity contribution in [3.8, 4) is 11.4 Å². The molecule has 0 unspecified atom stereocenters. The highest BCUT2D eigenvalue weighted by Gasteiger charge is 2.15. The number of nitrogens with zero attached hydrogens (tertiary/aromatic N) is 4. The van der Waals surface area contributed by atoms with E-state index < -0.39 is 9.85 Å². The molecule has 2 aromatic heterocycles. The van der Waals surface area contributed by atoms with Gasteiger partial charge in [-0.15, -0.1) is 0 Å². The lowest BCUT2D eigenvalue weighted by molar-refractivity contribution is -0.384. The maximum absolute atomic E-state index is 11.5. The summed E-state index contributed by atoms with van der Waals surface area (Å²) in [6.45, 7) is 0. The van der Waals surface area contributed by atoms with Gasteiger partial charge in [-0.3, -0.25) is 20.2 Å². The number of nitrogens with one attached hydrogen (secondary N) is 2. The predicted octanol–water partition coefficient (Wildman–Crippen LogP) is 5.64. The van der Waals surface area contributed by atoms with Crippen LogP contribution in [0.5, 0.6) is 0 Å². The average Bonchev–Trinajstić information content (AvgIpc) is 3.56. The van der Waals surface area contributed by atoms with Crippen LogP contribution in [-0.4, -0.2) is 19.0 Å². The van der Waals surface area contributed by atoms with Crippen LogP contribution in [0.15, 0.2) is 110 Å². The van der Waals surface area contributed by atoms with Crippen molar-refractivity contribution in [1.29, 1.82) is 0 Å². The Balaban J connectivity index is 1.42. The number of hydrogen-bond donors (Lipinski definition) is 2. The van der Waals surface area contributed by atoms with Crippen molar-refractivity contribution in [2.75, 3.05) is 10.6 Å². The van der Waals surface area contributed by atoms with Crippen molar-refractivity contribution in [2.24, 2.45) is 0 Å². The second kappa shape index (κ2) is 10.0. The summed E-state index contributed by atoms with van der Waals surface area (Å²) in [6, 6.07) is 17.2. The lowest BCUT2D eigenvalue weighted by Gasteiger charge is -2.07. The zero-order valence-electron chi connectivity index (χ0n) is 17.8. The number of allylic oxidation sites excluding steroid dienone is 2. The van der Waals surface area contributed by atoms with E-state index in [9.17, 15) is 20.2 Å². The molecular formula is C24H20N6O4. The zero-order valence-corrected chi connectivity index (χ0v) is 17.8. The molecule has 0 bridgehead atoms. The molecule has 170 valence electrons. The van der Waals surface area contributed by atoms with Crippen LogP contribution in [0.4, 0.5) is 22.7 Å². The molecule has 2 heterocycles. The van der Waals surface area contributed by atoms with E-state index in [2.05, 4.69) is 10.6 Å². The summed E-state index contributed by atoms with van der Waals surface area (Å²) >= 11 is 0. The molecule has 0 spiro atoms. The Bertz CT molecular complexity index is 1250. The molecule has 0 amide bonds. The van der Waals surface area contributed by atoms with Gasteiger partial charge in [-0.25, -0.2) is 0 Å². The molecule has 0 fully saturated rings. The Morgan fingerprint density at radius 1 is 0.647 bits per heavy atom.